The molecule has 0 saturated heterocycles. The van der Waals surface area contributed by atoms with E-state index in [0.29, 0.717) is 23.9 Å². The van der Waals surface area contributed by atoms with Gasteiger partial charge in [-0.3, -0.25) is 18.6 Å². The van der Waals surface area contributed by atoms with Crippen molar-refractivity contribution in [1.29, 1.82) is 0 Å². The van der Waals surface area contributed by atoms with Gasteiger partial charge in [0.15, 0.2) is 6.10 Å². The van der Waals surface area contributed by atoms with Gasteiger partial charge in [-0.1, -0.05) is 186 Å². The summed E-state index contributed by atoms with van der Waals surface area (Å²) in [5.74, 6) is -0.969. The Labute approximate surface area is 402 Å². The summed E-state index contributed by atoms with van der Waals surface area (Å²) in [6.07, 6.45) is 66.8. The second-order valence-electron chi connectivity index (χ2n) is 17.1. The van der Waals surface area contributed by atoms with E-state index in [2.05, 4.69) is 129 Å². The molecular formula is C56H91NO8P+. The molecule has 10 heteroatoms. The lowest BCUT2D eigenvalue weighted by molar-refractivity contribution is -0.870. The number of carbonyl (C=O) groups is 2. The van der Waals surface area contributed by atoms with E-state index in [1.54, 1.807) is 6.08 Å². The van der Waals surface area contributed by atoms with E-state index in [0.717, 1.165) is 89.9 Å². The Morgan fingerprint density at radius 1 is 0.485 bits per heavy atom. The number of esters is 2. The van der Waals surface area contributed by atoms with Gasteiger partial charge in [-0.25, -0.2) is 4.57 Å². The summed E-state index contributed by atoms with van der Waals surface area (Å²) in [7, 11) is 1.40. The molecule has 0 aromatic carbocycles. The van der Waals surface area contributed by atoms with E-state index in [1.807, 2.05) is 33.3 Å². The van der Waals surface area contributed by atoms with E-state index in [4.69, 9.17) is 18.5 Å². The number of phosphoric acid groups is 1. The third-order valence-corrected chi connectivity index (χ3v) is 10.7. The molecule has 0 radical (unpaired) electrons. The quantitative estimate of drug-likeness (QED) is 0.0212. The molecule has 9 nitrogen and oxygen atoms in total. The molecule has 0 amide bonds. The average Bonchev–Trinajstić information content (AvgIpc) is 3.27. The van der Waals surface area contributed by atoms with Crippen molar-refractivity contribution in [1.82, 2.24) is 0 Å². The zero-order valence-corrected chi connectivity index (χ0v) is 42.8. The molecule has 0 rings (SSSR count). The SMILES string of the molecule is CC/C=C\C/C=C\C/C=C\C/C=C\C/C=C\C/C=C\CCCCCCCCCCC(=O)OC(COC(=O)C/C=C\C/C=C\C/C=C\C/C=C\C/C=C\CC)COP(=O)(O)OCC[N+](C)(C)C. The Balaban J connectivity index is 4.37. The summed E-state index contributed by atoms with van der Waals surface area (Å²) in [4.78, 5) is 35.4. The fourth-order valence-corrected chi connectivity index (χ4v) is 6.65. The highest BCUT2D eigenvalue weighted by molar-refractivity contribution is 7.47. The molecule has 0 bridgehead atoms. The fourth-order valence-electron chi connectivity index (χ4n) is 5.91. The van der Waals surface area contributed by atoms with Crippen molar-refractivity contribution in [3.63, 3.8) is 0 Å². The number of allylic oxidation sites excluding steroid dienone is 21. The molecule has 1 N–H and O–H groups in total. The first-order chi connectivity index (χ1) is 32.0. The zero-order valence-electron chi connectivity index (χ0n) is 41.9. The van der Waals surface area contributed by atoms with Gasteiger partial charge in [0.1, 0.15) is 19.8 Å². The van der Waals surface area contributed by atoms with Crippen LogP contribution in [0.2, 0.25) is 0 Å². The van der Waals surface area contributed by atoms with E-state index in [9.17, 15) is 19.0 Å². The van der Waals surface area contributed by atoms with E-state index >= 15 is 0 Å². The summed E-state index contributed by atoms with van der Waals surface area (Å²) in [6, 6.07) is 0. The standard InChI is InChI=1S/C56H90NO8P/c1-6-8-10-12-14-16-18-20-22-23-24-25-26-27-28-29-30-31-32-33-35-37-39-41-43-45-47-49-56(59)65-54(53-64-66(60,61)63-51-50-57(3,4)5)52-62-55(58)48-46-44-42-40-38-36-34-21-19-17-15-13-11-9-7-2/h8-11,14-17,20-22,24-25,27-28,30-31,34,38,40,44,46,54H,6-7,12-13,18-19,23,26,29,32-33,35-37,39,41-43,45,47-53H2,1-5H3/p+1/b10-8-,11-9-,16-14-,17-15-,22-20-,25-24-,28-27-,31-30-,34-21-,40-38-,46-44-. The summed E-state index contributed by atoms with van der Waals surface area (Å²) < 4.78 is 34.3. The van der Waals surface area contributed by atoms with Crippen LogP contribution >= 0.6 is 7.82 Å². The Kier molecular flexibility index (Phi) is 43.6. The third kappa shape index (κ3) is 49.6. The zero-order chi connectivity index (χ0) is 48.5. The van der Waals surface area contributed by atoms with Crippen LogP contribution in [0.1, 0.15) is 155 Å². The number of hydrogen-bond acceptors (Lipinski definition) is 7. The Morgan fingerprint density at radius 3 is 1.29 bits per heavy atom. The molecule has 2 unspecified atom stereocenters. The second-order valence-corrected chi connectivity index (χ2v) is 18.6. The van der Waals surface area contributed by atoms with Crippen LogP contribution in [-0.4, -0.2) is 74.9 Å². The molecule has 0 aromatic rings. The number of ether oxygens (including phenoxy) is 2. The molecule has 0 heterocycles. The van der Waals surface area contributed by atoms with Crippen LogP contribution in [0.4, 0.5) is 0 Å². The van der Waals surface area contributed by atoms with Crippen molar-refractivity contribution in [3.05, 3.63) is 134 Å². The van der Waals surface area contributed by atoms with Crippen molar-refractivity contribution in [2.75, 3.05) is 47.5 Å². The van der Waals surface area contributed by atoms with Crippen molar-refractivity contribution in [3.8, 4) is 0 Å². The maximum absolute atomic E-state index is 12.7. The van der Waals surface area contributed by atoms with Crippen LogP contribution in [-0.2, 0) is 32.7 Å². The van der Waals surface area contributed by atoms with Gasteiger partial charge in [0.05, 0.1) is 34.2 Å². The summed E-state index contributed by atoms with van der Waals surface area (Å²) in [6.45, 7) is 4.04. The van der Waals surface area contributed by atoms with Crippen molar-refractivity contribution >= 4 is 19.8 Å². The predicted molar refractivity (Wildman–Crippen MR) is 279 cm³/mol. The molecule has 0 fully saturated rings. The smallest absolute Gasteiger partial charge is 0.461 e. The Hall–Kier alpha value is -3.85. The number of unbranched alkanes of at least 4 members (excludes halogenated alkanes) is 8. The van der Waals surface area contributed by atoms with E-state index < -0.39 is 32.5 Å². The molecule has 0 aliphatic rings. The normalized spacial score (nSPS) is 14.6. The van der Waals surface area contributed by atoms with Gasteiger partial charge in [-0.05, 0) is 89.9 Å². The Morgan fingerprint density at radius 2 is 0.864 bits per heavy atom. The highest BCUT2D eigenvalue weighted by Crippen LogP contribution is 2.43. The van der Waals surface area contributed by atoms with Crippen LogP contribution in [0.3, 0.4) is 0 Å². The molecule has 66 heavy (non-hydrogen) atoms. The molecule has 0 spiro atoms. The van der Waals surface area contributed by atoms with Gasteiger partial charge in [0.25, 0.3) is 0 Å². The van der Waals surface area contributed by atoms with Crippen LogP contribution in [0.5, 0.6) is 0 Å². The largest absolute Gasteiger partial charge is 0.472 e. The monoisotopic (exact) mass is 937 g/mol. The number of likely N-dealkylation sites (N-methyl/N-ethyl adjacent to an activating group) is 1. The lowest BCUT2D eigenvalue weighted by atomic mass is 10.1. The number of carbonyl (C=O) groups excluding carboxylic acids is 2. The second kappa shape index (κ2) is 46.3. The van der Waals surface area contributed by atoms with Gasteiger partial charge in [-0.15, -0.1) is 0 Å². The fraction of sp³-hybridized carbons (Fsp3) is 0.571. The minimum absolute atomic E-state index is 0.00822. The molecule has 0 aliphatic carbocycles. The molecule has 0 aliphatic heterocycles. The lowest BCUT2D eigenvalue weighted by Gasteiger charge is -2.24. The topological polar surface area (TPSA) is 108 Å². The highest BCUT2D eigenvalue weighted by Gasteiger charge is 2.27. The summed E-state index contributed by atoms with van der Waals surface area (Å²) >= 11 is 0. The van der Waals surface area contributed by atoms with Gasteiger partial charge in [0, 0.05) is 6.42 Å². The number of quaternary nitrogens is 1. The van der Waals surface area contributed by atoms with Crippen molar-refractivity contribution in [2.24, 2.45) is 0 Å². The highest BCUT2D eigenvalue weighted by atomic mass is 31.2. The number of phosphoric ester groups is 1. The molecule has 372 valence electrons. The van der Waals surface area contributed by atoms with Gasteiger partial charge < -0.3 is 18.9 Å². The maximum Gasteiger partial charge on any atom is 0.472 e. The molecule has 0 aromatic heterocycles. The average molecular weight is 937 g/mol. The predicted octanol–water partition coefficient (Wildman–Crippen LogP) is 15.0. The first-order valence-electron chi connectivity index (χ1n) is 24.9. The minimum Gasteiger partial charge on any atom is -0.461 e. The van der Waals surface area contributed by atoms with Crippen LogP contribution in [0.25, 0.3) is 0 Å². The third-order valence-electron chi connectivity index (χ3n) is 9.71. The van der Waals surface area contributed by atoms with E-state index in [-0.39, 0.29) is 26.1 Å². The summed E-state index contributed by atoms with van der Waals surface area (Å²) in [5, 5.41) is 0. The van der Waals surface area contributed by atoms with Gasteiger partial charge in [0.2, 0.25) is 0 Å². The van der Waals surface area contributed by atoms with Crippen molar-refractivity contribution in [2.45, 2.75) is 161 Å². The number of nitrogens with zero attached hydrogens (tertiary/aromatic N) is 1. The van der Waals surface area contributed by atoms with Gasteiger partial charge >= 0.3 is 19.8 Å². The van der Waals surface area contributed by atoms with E-state index in [1.165, 1.54) is 25.7 Å². The first kappa shape index (κ1) is 62.1. The number of rotatable bonds is 43. The van der Waals surface area contributed by atoms with Crippen LogP contribution < -0.4 is 0 Å². The lowest BCUT2D eigenvalue weighted by Crippen LogP contribution is -2.37. The molecule has 2 atom stereocenters. The maximum atomic E-state index is 12.7. The van der Waals surface area contributed by atoms with Crippen molar-refractivity contribution < 1.29 is 42.1 Å². The van der Waals surface area contributed by atoms with Gasteiger partial charge in [-0.2, -0.15) is 0 Å². The molecule has 0 saturated carbocycles. The summed E-state index contributed by atoms with van der Waals surface area (Å²) in [5.41, 5.74) is 0. The van der Waals surface area contributed by atoms with Crippen LogP contribution in [0, 0.1) is 0 Å². The first-order valence-corrected chi connectivity index (χ1v) is 26.4. The molecular weight excluding hydrogens is 846 g/mol. The number of hydrogen-bond donors (Lipinski definition) is 1. The minimum atomic E-state index is -4.41. The Bertz CT molecular complexity index is 1570. The van der Waals surface area contributed by atoms with Crippen LogP contribution in [0.15, 0.2) is 134 Å².